The third-order valence-corrected chi connectivity index (χ3v) is 4.71. The summed E-state index contributed by atoms with van der Waals surface area (Å²) in [6.45, 7) is 1.51. The van der Waals surface area contributed by atoms with Gasteiger partial charge in [0.05, 0.1) is 22.1 Å². The molecule has 1 aliphatic heterocycles. The summed E-state index contributed by atoms with van der Waals surface area (Å²) < 4.78 is 7.33. The Kier molecular flexibility index (Phi) is 4.44. The van der Waals surface area contributed by atoms with Crippen LogP contribution in [0.5, 0.6) is 0 Å². The van der Waals surface area contributed by atoms with Gasteiger partial charge in [0.25, 0.3) is 5.69 Å². The molecular weight excluding hydrogens is 302 g/mol. The molecule has 3 rings (SSSR count). The van der Waals surface area contributed by atoms with Crippen LogP contribution >= 0.6 is 11.8 Å². The maximum Gasteiger partial charge on any atom is 0.283 e. The summed E-state index contributed by atoms with van der Waals surface area (Å²) in [6.07, 6.45) is 7.52. The molecule has 2 aromatic rings. The van der Waals surface area contributed by atoms with Gasteiger partial charge in [-0.25, -0.2) is 0 Å². The summed E-state index contributed by atoms with van der Waals surface area (Å²) >= 11 is 1.39. The van der Waals surface area contributed by atoms with Gasteiger partial charge in [0.15, 0.2) is 0 Å². The van der Waals surface area contributed by atoms with Crippen molar-refractivity contribution >= 4 is 17.4 Å². The van der Waals surface area contributed by atoms with E-state index >= 15 is 0 Å². The van der Waals surface area contributed by atoms with Crippen LogP contribution in [0.3, 0.4) is 0 Å². The number of hydrogen-bond donors (Lipinski definition) is 0. The van der Waals surface area contributed by atoms with Crippen molar-refractivity contribution in [2.75, 3.05) is 19.5 Å². The molecule has 0 aliphatic carbocycles. The van der Waals surface area contributed by atoms with E-state index in [1.807, 2.05) is 23.2 Å². The Balaban J connectivity index is 1.96. The number of benzene rings is 1. The van der Waals surface area contributed by atoms with Crippen molar-refractivity contribution in [2.24, 2.45) is 0 Å². The van der Waals surface area contributed by atoms with Crippen LogP contribution in [0.25, 0.3) is 11.1 Å². The van der Waals surface area contributed by atoms with Crippen molar-refractivity contribution < 1.29 is 9.66 Å². The fraction of sp³-hybridized carbons (Fsp3) is 0.400. The second-order valence-electron chi connectivity index (χ2n) is 5.17. The smallest absolute Gasteiger partial charge is 0.283 e. The molecule has 0 unspecified atom stereocenters. The summed E-state index contributed by atoms with van der Waals surface area (Å²) in [5.74, 6) is 0. The third kappa shape index (κ3) is 2.86. The predicted octanol–water partition coefficient (Wildman–Crippen LogP) is 3.53. The summed E-state index contributed by atoms with van der Waals surface area (Å²) in [5.41, 5.74) is 1.92. The van der Waals surface area contributed by atoms with E-state index < -0.39 is 0 Å². The number of ether oxygens (including phenoxy) is 1. The number of hydrogen-bond acceptors (Lipinski definition) is 5. The molecule has 0 amide bonds. The van der Waals surface area contributed by atoms with Gasteiger partial charge in [0.2, 0.25) is 0 Å². The highest BCUT2D eigenvalue weighted by Gasteiger charge is 2.20. The Morgan fingerprint density at radius 2 is 2.18 bits per heavy atom. The molecule has 1 aromatic carbocycles. The van der Waals surface area contributed by atoms with Crippen molar-refractivity contribution in [1.82, 2.24) is 9.78 Å². The summed E-state index contributed by atoms with van der Waals surface area (Å²) in [7, 11) is 0. The first-order valence-corrected chi connectivity index (χ1v) is 8.37. The first-order chi connectivity index (χ1) is 10.7. The van der Waals surface area contributed by atoms with Crippen molar-refractivity contribution in [2.45, 2.75) is 23.8 Å². The molecule has 0 bridgehead atoms. The van der Waals surface area contributed by atoms with Gasteiger partial charge in [0, 0.05) is 36.6 Å². The van der Waals surface area contributed by atoms with Gasteiger partial charge in [-0.05, 0) is 19.1 Å². The highest BCUT2D eigenvalue weighted by Crippen LogP contribution is 2.37. The van der Waals surface area contributed by atoms with E-state index in [1.165, 1.54) is 17.8 Å². The monoisotopic (exact) mass is 319 g/mol. The first-order valence-electron chi connectivity index (χ1n) is 7.14. The number of nitrogens with zero attached hydrogens (tertiary/aromatic N) is 3. The van der Waals surface area contributed by atoms with E-state index in [2.05, 4.69) is 5.10 Å². The largest absolute Gasteiger partial charge is 0.381 e. The Morgan fingerprint density at radius 3 is 2.86 bits per heavy atom. The van der Waals surface area contributed by atoms with E-state index in [9.17, 15) is 10.1 Å². The van der Waals surface area contributed by atoms with Gasteiger partial charge < -0.3 is 4.74 Å². The molecule has 0 radical (unpaired) electrons. The molecule has 2 heterocycles. The molecule has 22 heavy (non-hydrogen) atoms. The molecule has 1 fully saturated rings. The summed E-state index contributed by atoms with van der Waals surface area (Å²) in [4.78, 5) is 11.5. The molecule has 1 aliphatic rings. The maximum absolute atomic E-state index is 11.2. The minimum atomic E-state index is -0.335. The normalized spacial score (nSPS) is 15.9. The lowest BCUT2D eigenvalue weighted by Gasteiger charge is -2.22. The predicted molar refractivity (Wildman–Crippen MR) is 85.2 cm³/mol. The minimum absolute atomic E-state index is 0.142. The van der Waals surface area contributed by atoms with Gasteiger partial charge in [-0.1, -0.05) is 12.1 Å². The molecule has 6 nitrogen and oxygen atoms in total. The second kappa shape index (κ2) is 6.50. The van der Waals surface area contributed by atoms with E-state index in [0.717, 1.165) is 37.2 Å². The Hall–Kier alpha value is -1.86. The zero-order valence-corrected chi connectivity index (χ0v) is 13.1. The van der Waals surface area contributed by atoms with Gasteiger partial charge in [-0.15, -0.1) is 11.8 Å². The molecule has 116 valence electrons. The zero-order chi connectivity index (χ0) is 15.5. The average molecular weight is 319 g/mol. The van der Waals surface area contributed by atoms with Crippen LogP contribution in [0.15, 0.2) is 35.5 Å². The molecule has 0 saturated carbocycles. The fourth-order valence-electron chi connectivity index (χ4n) is 2.74. The molecule has 0 N–H and O–H groups in total. The molecule has 7 heteroatoms. The van der Waals surface area contributed by atoms with Crippen LogP contribution in [0.2, 0.25) is 0 Å². The Labute approximate surface area is 132 Å². The summed E-state index contributed by atoms with van der Waals surface area (Å²) in [5, 5.41) is 15.6. The van der Waals surface area contributed by atoms with Crippen molar-refractivity contribution in [1.29, 1.82) is 0 Å². The van der Waals surface area contributed by atoms with Gasteiger partial charge in [-0.2, -0.15) is 5.10 Å². The fourth-order valence-corrected chi connectivity index (χ4v) is 3.49. The van der Waals surface area contributed by atoms with Crippen molar-refractivity contribution in [3.8, 4) is 11.1 Å². The number of thioether (sulfide) groups is 1. The van der Waals surface area contributed by atoms with Crippen LogP contribution in [-0.4, -0.2) is 34.2 Å². The second-order valence-corrected chi connectivity index (χ2v) is 5.98. The van der Waals surface area contributed by atoms with Crippen LogP contribution < -0.4 is 0 Å². The SMILES string of the molecule is CSc1c(-c2cnn(C3CCOCC3)c2)cccc1[N+](=O)[O-]. The number of aromatic nitrogens is 2. The number of nitro groups is 1. The Morgan fingerprint density at radius 1 is 1.41 bits per heavy atom. The van der Waals surface area contributed by atoms with E-state index in [-0.39, 0.29) is 10.6 Å². The first kappa shape index (κ1) is 15.1. The number of rotatable bonds is 4. The molecule has 1 saturated heterocycles. The standard InChI is InChI=1S/C15H17N3O3S/c1-22-15-13(3-2-4-14(15)18(19)20)11-9-16-17(10-11)12-5-7-21-8-6-12/h2-4,9-10,12H,5-8H2,1H3. The van der Waals surface area contributed by atoms with E-state index in [1.54, 1.807) is 12.3 Å². The van der Waals surface area contributed by atoms with Crippen molar-refractivity contribution in [3.05, 3.63) is 40.7 Å². The molecule has 1 aromatic heterocycles. The zero-order valence-electron chi connectivity index (χ0n) is 12.3. The number of nitro benzene ring substituents is 1. The van der Waals surface area contributed by atoms with E-state index in [0.29, 0.717) is 10.9 Å². The van der Waals surface area contributed by atoms with Gasteiger partial charge in [0.1, 0.15) is 0 Å². The highest BCUT2D eigenvalue weighted by atomic mass is 32.2. The average Bonchev–Trinajstić information content (AvgIpc) is 3.04. The Bertz CT molecular complexity index is 680. The lowest BCUT2D eigenvalue weighted by atomic mass is 10.1. The van der Waals surface area contributed by atoms with Crippen LogP contribution in [0.4, 0.5) is 5.69 Å². The van der Waals surface area contributed by atoms with Crippen LogP contribution in [0.1, 0.15) is 18.9 Å². The lowest BCUT2D eigenvalue weighted by Crippen LogP contribution is -2.19. The van der Waals surface area contributed by atoms with E-state index in [4.69, 9.17) is 4.74 Å². The third-order valence-electron chi connectivity index (χ3n) is 3.87. The molecule has 0 atom stereocenters. The minimum Gasteiger partial charge on any atom is -0.381 e. The van der Waals surface area contributed by atoms with Crippen LogP contribution in [0, 0.1) is 10.1 Å². The van der Waals surface area contributed by atoms with Crippen molar-refractivity contribution in [3.63, 3.8) is 0 Å². The lowest BCUT2D eigenvalue weighted by molar-refractivity contribution is -0.387. The summed E-state index contributed by atoms with van der Waals surface area (Å²) in [6, 6.07) is 5.51. The van der Waals surface area contributed by atoms with Gasteiger partial charge >= 0.3 is 0 Å². The quantitative estimate of drug-likeness (QED) is 0.490. The molecular formula is C15H17N3O3S. The highest BCUT2D eigenvalue weighted by molar-refractivity contribution is 7.98. The topological polar surface area (TPSA) is 70.2 Å². The van der Waals surface area contributed by atoms with Crippen LogP contribution in [-0.2, 0) is 4.74 Å². The van der Waals surface area contributed by atoms with Gasteiger partial charge in [-0.3, -0.25) is 14.8 Å². The maximum atomic E-state index is 11.2. The molecule has 0 spiro atoms.